The molecule has 0 bridgehead atoms. The first-order valence-corrected chi connectivity index (χ1v) is 9.12. The zero-order chi connectivity index (χ0) is 18.9. The van der Waals surface area contributed by atoms with Crippen molar-refractivity contribution < 1.29 is 45.5 Å². The third-order valence-corrected chi connectivity index (χ3v) is 5.16. The summed E-state index contributed by atoms with van der Waals surface area (Å²) < 4.78 is 76.4. The number of halogens is 3. The van der Waals surface area contributed by atoms with Crippen LogP contribution in [0.1, 0.15) is 10.4 Å². The lowest BCUT2D eigenvalue weighted by Gasteiger charge is -2.31. The molecule has 146 valence electrons. The van der Waals surface area contributed by atoms with Crippen molar-refractivity contribution in [2.75, 3.05) is 19.8 Å². The maximum atomic E-state index is 12.5. The van der Waals surface area contributed by atoms with Crippen LogP contribution in [0.2, 0.25) is 0 Å². The topological polar surface area (TPSA) is 94.5 Å². The number of benzene rings is 1. The predicted molar refractivity (Wildman–Crippen MR) is 83.8 cm³/mol. The maximum absolute atomic E-state index is 12.5. The summed E-state index contributed by atoms with van der Waals surface area (Å²) in [6.45, 7) is -0.565. The molecule has 2 fully saturated rings. The fraction of sp³-hybridized carbons (Fsp3) is 0.533. The maximum Gasteiger partial charge on any atom is 0.493 e. The number of carbonyl (C=O) groups excluding carboxylic acids is 1. The lowest BCUT2D eigenvalue weighted by atomic mass is 10.1. The normalized spacial score (nSPS) is 29.6. The van der Waals surface area contributed by atoms with Crippen molar-refractivity contribution in [2.45, 2.75) is 29.9 Å². The van der Waals surface area contributed by atoms with Gasteiger partial charge in [-0.2, -0.15) is 13.2 Å². The first kappa shape index (κ1) is 19.5. The molecule has 2 aliphatic rings. The van der Waals surface area contributed by atoms with Crippen LogP contribution >= 0.6 is 10.9 Å². The molecule has 11 heteroatoms. The third kappa shape index (κ3) is 4.03. The summed E-state index contributed by atoms with van der Waals surface area (Å²) in [7, 11) is -5.25. The van der Waals surface area contributed by atoms with Gasteiger partial charge in [0, 0.05) is 5.56 Å². The fourth-order valence-electron chi connectivity index (χ4n) is 2.77. The lowest BCUT2D eigenvalue weighted by molar-refractivity contribution is -0.0774. The third-order valence-electron chi connectivity index (χ3n) is 4.05. The minimum absolute atomic E-state index is 0.0114. The van der Waals surface area contributed by atoms with Crippen molar-refractivity contribution in [1.82, 2.24) is 0 Å². The summed E-state index contributed by atoms with van der Waals surface area (Å²) in [4.78, 5) is 12.0. The minimum Gasteiger partial charge on any atom is -0.370 e. The van der Waals surface area contributed by atoms with Crippen LogP contribution in [-0.4, -0.2) is 64.6 Å². The van der Waals surface area contributed by atoms with E-state index in [4.69, 9.17) is 23.3 Å². The summed E-state index contributed by atoms with van der Waals surface area (Å²) in [5.41, 5.74) is -4.84. The van der Waals surface area contributed by atoms with Crippen LogP contribution in [0.5, 0.6) is 0 Å². The zero-order valence-corrected chi connectivity index (χ0v) is 14.1. The Morgan fingerprint density at radius 2 is 1.69 bits per heavy atom. The molecule has 2 N–H and O–H groups in total. The highest BCUT2D eigenvalue weighted by atomic mass is 32.3. The van der Waals surface area contributed by atoms with Crippen LogP contribution in [-0.2, 0) is 18.4 Å². The molecule has 7 nitrogen and oxygen atoms in total. The standard InChI is InChI=1S/C15H17F3O7S/c16-15(17,18)26(20,21)25-12-8-24-13-11(7-23-14(12)13)22-6-10(19)9-4-2-1-3-5-9/h1-5,11-14,20-21H,6-8H2/t11-,12-,13+,14+/m0/s1. The first-order chi connectivity index (χ1) is 12.2. The average molecular weight is 398 g/mol. The molecule has 2 aliphatic heterocycles. The van der Waals surface area contributed by atoms with E-state index in [9.17, 15) is 18.0 Å². The van der Waals surface area contributed by atoms with Gasteiger partial charge in [0.1, 0.15) is 31.0 Å². The van der Waals surface area contributed by atoms with E-state index in [0.717, 1.165) is 0 Å². The van der Waals surface area contributed by atoms with E-state index in [1.54, 1.807) is 30.3 Å². The van der Waals surface area contributed by atoms with E-state index >= 15 is 0 Å². The second-order valence-electron chi connectivity index (χ2n) is 5.81. The molecule has 0 amide bonds. The Kier molecular flexibility index (Phi) is 5.58. The van der Waals surface area contributed by atoms with Gasteiger partial charge in [-0.05, 0) is 0 Å². The molecule has 0 spiro atoms. The Balaban J connectivity index is 1.55. The predicted octanol–water partition coefficient (Wildman–Crippen LogP) is 2.62. The van der Waals surface area contributed by atoms with E-state index in [1.165, 1.54) is 0 Å². The van der Waals surface area contributed by atoms with Crippen molar-refractivity contribution in [3.63, 3.8) is 0 Å². The number of fused-ring (bicyclic) bond motifs is 1. The van der Waals surface area contributed by atoms with Gasteiger partial charge in [0.25, 0.3) is 0 Å². The number of alkyl halides is 3. The Hall–Kier alpha value is -1.21. The molecule has 0 aromatic heterocycles. The molecule has 0 radical (unpaired) electrons. The van der Waals surface area contributed by atoms with Crippen LogP contribution in [0, 0.1) is 0 Å². The molecule has 1 aromatic carbocycles. The molecule has 4 atom stereocenters. The van der Waals surface area contributed by atoms with Crippen molar-refractivity contribution in [3.8, 4) is 0 Å². The number of carbonyl (C=O) groups is 1. The van der Waals surface area contributed by atoms with Crippen molar-refractivity contribution >= 4 is 16.7 Å². The van der Waals surface area contributed by atoms with Gasteiger partial charge in [-0.15, -0.1) is 0 Å². The first-order valence-electron chi connectivity index (χ1n) is 7.65. The van der Waals surface area contributed by atoms with Gasteiger partial charge in [0.05, 0.1) is 13.2 Å². The molecule has 0 aliphatic carbocycles. The molecule has 0 unspecified atom stereocenters. The summed E-state index contributed by atoms with van der Waals surface area (Å²) in [6.07, 6.45) is -3.67. The number of ketones is 1. The summed E-state index contributed by atoms with van der Waals surface area (Å²) in [6, 6.07) is 8.46. The van der Waals surface area contributed by atoms with Gasteiger partial charge in [0.15, 0.2) is 16.7 Å². The molecule has 2 saturated heterocycles. The minimum atomic E-state index is -5.30. The smallest absolute Gasteiger partial charge is 0.370 e. The summed E-state index contributed by atoms with van der Waals surface area (Å²) in [5, 5.41) is 0. The van der Waals surface area contributed by atoms with E-state index < -0.39 is 40.8 Å². The Morgan fingerprint density at radius 3 is 2.31 bits per heavy atom. The second kappa shape index (κ2) is 7.43. The van der Waals surface area contributed by atoms with Crippen molar-refractivity contribution in [1.29, 1.82) is 0 Å². The second-order valence-corrected chi connectivity index (χ2v) is 7.46. The van der Waals surface area contributed by atoms with Gasteiger partial charge in [-0.3, -0.25) is 8.98 Å². The van der Waals surface area contributed by atoms with Crippen molar-refractivity contribution in [3.05, 3.63) is 35.9 Å². The Morgan fingerprint density at radius 1 is 1.12 bits per heavy atom. The van der Waals surface area contributed by atoms with E-state index in [-0.39, 0.29) is 25.6 Å². The summed E-state index contributed by atoms with van der Waals surface area (Å²) >= 11 is 0. The number of rotatable bonds is 6. The van der Waals surface area contributed by atoms with Crippen LogP contribution in [0.3, 0.4) is 0 Å². The number of Topliss-reactive ketones (excluding diaryl/α,β-unsaturated/α-hetero) is 1. The average Bonchev–Trinajstić information content (AvgIpc) is 3.15. The highest BCUT2D eigenvalue weighted by Gasteiger charge is 2.56. The molecule has 1 aromatic rings. The van der Waals surface area contributed by atoms with Crippen LogP contribution in [0.25, 0.3) is 0 Å². The Labute approximate surface area is 148 Å². The highest BCUT2D eigenvalue weighted by molar-refractivity contribution is 8.21. The van der Waals surface area contributed by atoms with Crippen molar-refractivity contribution in [2.24, 2.45) is 0 Å². The Bertz CT molecular complexity index is 640. The molecule has 3 rings (SSSR count). The number of hydrogen-bond acceptors (Lipinski definition) is 7. The van der Waals surface area contributed by atoms with Gasteiger partial charge >= 0.3 is 5.51 Å². The molecular weight excluding hydrogens is 381 g/mol. The molecule has 0 saturated carbocycles. The lowest BCUT2D eigenvalue weighted by Crippen LogP contribution is -2.36. The van der Waals surface area contributed by atoms with Crippen LogP contribution in [0.15, 0.2) is 30.3 Å². The number of ether oxygens (including phenoxy) is 3. The van der Waals surface area contributed by atoms with Gasteiger partial charge in [-0.25, -0.2) is 0 Å². The summed E-state index contributed by atoms with van der Waals surface area (Å²) in [5.74, 6) is -0.258. The van der Waals surface area contributed by atoms with E-state index in [2.05, 4.69) is 4.18 Å². The highest BCUT2D eigenvalue weighted by Crippen LogP contribution is 2.58. The van der Waals surface area contributed by atoms with Gasteiger partial charge in [-0.1, -0.05) is 30.3 Å². The molecule has 26 heavy (non-hydrogen) atoms. The monoisotopic (exact) mass is 398 g/mol. The van der Waals surface area contributed by atoms with Gasteiger partial charge in [0.2, 0.25) is 0 Å². The van der Waals surface area contributed by atoms with Crippen LogP contribution in [0.4, 0.5) is 13.2 Å². The fourth-order valence-corrected chi connectivity index (χ4v) is 3.39. The number of hydrogen-bond donors (Lipinski definition) is 2. The quantitative estimate of drug-likeness (QED) is 0.712. The van der Waals surface area contributed by atoms with Gasteiger partial charge < -0.3 is 23.3 Å². The SMILES string of the molecule is O=C(CO[C@H]1CO[C@H]2[C@@H]1OC[C@@H]2OS(O)(O)C(F)(F)F)c1ccccc1. The van der Waals surface area contributed by atoms with E-state index in [0.29, 0.717) is 5.56 Å². The largest absolute Gasteiger partial charge is 0.493 e. The molecular formula is C15H17F3O7S. The van der Waals surface area contributed by atoms with Crippen LogP contribution < -0.4 is 0 Å². The van der Waals surface area contributed by atoms with E-state index in [1.807, 2.05) is 0 Å². The zero-order valence-electron chi connectivity index (χ0n) is 13.3. The molecule has 2 heterocycles.